The summed E-state index contributed by atoms with van der Waals surface area (Å²) < 4.78 is 15.6. The van der Waals surface area contributed by atoms with E-state index in [9.17, 15) is 9.50 Å². The Kier molecular flexibility index (Phi) is 4.81. The fourth-order valence-corrected chi connectivity index (χ4v) is 4.26. The van der Waals surface area contributed by atoms with Crippen LogP contribution >= 0.6 is 0 Å². The normalized spacial score (nSPS) is 15.9. The van der Waals surface area contributed by atoms with Gasteiger partial charge in [-0.25, -0.2) is 9.37 Å². The fraction of sp³-hybridized carbons (Fsp3) is 0.292. The number of phenolic OH excluding ortho intramolecular Hbond substituents is 1. The van der Waals surface area contributed by atoms with E-state index in [1.54, 1.807) is 12.3 Å². The van der Waals surface area contributed by atoms with E-state index in [4.69, 9.17) is 4.98 Å². The van der Waals surface area contributed by atoms with Crippen LogP contribution in [-0.2, 0) is 12.8 Å². The van der Waals surface area contributed by atoms with E-state index in [0.29, 0.717) is 17.0 Å². The molecule has 0 fully saturated rings. The molecule has 31 heavy (non-hydrogen) atoms. The SMILES string of the molecule is CC(C)c1cnn2c(N[C@@H]3CCc4cc(O)ccc4C3)cc(-c3cncc(F)c3)nc12. The van der Waals surface area contributed by atoms with E-state index < -0.39 is 5.82 Å². The quantitative estimate of drug-likeness (QED) is 0.502. The first-order valence-electron chi connectivity index (χ1n) is 10.5. The number of aromatic hydroxyl groups is 1. The number of aromatic nitrogens is 4. The Hall–Kier alpha value is -3.48. The second kappa shape index (κ2) is 7.65. The van der Waals surface area contributed by atoms with Gasteiger partial charge in [0.05, 0.1) is 18.1 Å². The van der Waals surface area contributed by atoms with Crippen molar-refractivity contribution in [1.29, 1.82) is 0 Å². The first-order valence-corrected chi connectivity index (χ1v) is 10.5. The highest BCUT2D eigenvalue weighted by atomic mass is 19.1. The molecule has 3 heterocycles. The number of phenols is 1. The highest BCUT2D eigenvalue weighted by molar-refractivity contribution is 5.67. The Labute approximate surface area is 179 Å². The Balaban J connectivity index is 1.55. The van der Waals surface area contributed by atoms with Crippen LogP contribution in [0, 0.1) is 5.82 Å². The Morgan fingerprint density at radius 3 is 2.81 bits per heavy atom. The number of rotatable bonds is 4. The van der Waals surface area contributed by atoms with Gasteiger partial charge in [0.15, 0.2) is 5.65 Å². The van der Waals surface area contributed by atoms with Crippen molar-refractivity contribution in [3.05, 3.63) is 71.4 Å². The summed E-state index contributed by atoms with van der Waals surface area (Å²) >= 11 is 0. The molecule has 1 aliphatic carbocycles. The summed E-state index contributed by atoms with van der Waals surface area (Å²) in [5, 5.41) is 18.0. The van der Waals surface area contributed by atoms with Crippen molar-refractivity contribution in [2.75, 3.05) is 5.32 Å². The number of anilines is 1. The van der Waals surface area contributed by atoms with Crippen molar-refractivity contribution in [3.8, 4) is 17.0 Å². The number of hydrogen-bond donors (Lipinski definition) is 2. The molecule has 7 heteroatoms. The molecule has 0 radical (unpaired) electrons. The fourth-order valence-electron chi connectivity index (χ4n) is 4.26. The first kappa shape index (κ1) is 19.5. The maximum absolute atomic E-state index is 13.8. The highest BCUT2D eigenvalue weighted by Crippen LogP contribution is 2.30. The molecular formula is C24H24FN5O. The van der Waals surface area contributed by atoms with Crippen LogP contribution in [0.25, 0.3) is 16.9 Å². The number of benzene rings is 1. The predicted molar refractivity (Wildman–Crippen MR) is 118 cm³/mol. The molecule has 2 N–H and O–H groups in total. The van der Waals surface area contributed by atoms with Crippen LogP contribution < -0.4 is 5.32 Å². The minimum Gasteiger partial charge on any atom is -0.508 e. The molecule has 3 aromatic heterocycles. The second-order valence-corrected chi connectivity index (χ2v) is 8.45. The molecule has 0 bridgehead atoms. The molecule has 4 aromatic rings. The number of pyridine rings is 1. The standard InChI is InChI=1S/C24H24FN5O/c1-14(2)21-13-27-30-23(10-22(29-24(21)30)17-7-18(25)12-26-11-17)28-19-5-3-16-9-20(31)6-4-15(16)8-19/h4,6-7,9-14,19,28,31H,3,5,8H2,1-2H3/t19-/m1/s1. The van der Waals surface area contributed by atoms with E-state index in [2.05, 4.69) is 29.2 Å². The van der Waals surface area contributed by atoms with Crippen molar-refractivity contribution in [1.82, 2.24) is 19.6 Å². The van der Waals surface area contributed by atoms with Crippen molar-refractivity contribution in [3.63, 3.8) is 0 Å². The smallest absolute Gasteiger partial charge is 0.161 e. The third kappa shape index (κ3) is 3.71. The number of nitrogens with zero attached hydrogens (tertiary/aromatic N) is 4. The zero-order valence-corrected chi connectivity index (χ0v) is 17.5. The first-order chi connectivity index (χ1) is 15.0. The lowest BCUT2D eigenvalue weighted by Gasteiger charge is -2.26. The molecule has 5 rings (SSSR count). The zero-order chi connectivity index (χ0) is 21.5. The summed E-state index contributed by atoms with van der Waals surface area (Å²) in [5.41, 5.74) is 5.53. The molecule has 0 spiro atoms. The van der Waals surface area contributed by atoms with Gasteiger partial charge in [-0.15, -0.1) is 0 Å². The summed E-state index contributed by atoms with van der Waals surface area (Å²) in [7, 11) is 0. The van der Waals surface area contributed by atoms with Gasteiger partial charge in [0.25, 0.3) is 0 Å². The predicted octanol–water partition coefficient (Wildman–Crippen LogP) is 4.73. The van der Waals surface area contributed by atoms with Gasteiger partial charge < -0.3 is 10.4 Å². The third-order valence-corrected chi connectivity index (χ3v) is 5.89. The van der Waals surface area contributed by atoms with Crippen LogP contribution in [0.1, 0.15) is 42.9 Å². The van der Waals surface area contributed by atoms with Gasteiger partial charge in [0.2, 0.25) is 0 Å². The maximum Gasteiger partial charge on any atom is 0.161 e. The molecular weight excluding hydrogens is 393 g/mol. The molecule has 0 amide bonds. The van der Waals surface area contributed by atoms with Crippen LogP contribution in [0.2, 0.25) is 0 Å². The minimum absolute atomic E-state index is 0.216. The van der Waals surface area contributed by atoms with Crippen molar-refractivity contribution >= 4 is 11.5 Å². The zero-order valence-electron chi connectivity index (χ0n) is 17.5. The van der Waals surface area contributed by atoms with Gasteiger partial charge in [-0.05, 0) is 54.5 Å². The molecule has 1 atom stereocenters. The van der Waals surface area contributed by atoms with Gasteiger partial charge in [0, 0.05) is 29.4 Å². The largest absolute Gasteiger partial charge is 0.508 e. The maximum atomic E-state index is 13.8. The van der Waals surface area contributed by atoms with E-state index in [1.165, 1.54) is 23.4 Å². The molecule has 0 aliphatic heterocycles. The van der Waals surface area contributed by atoms with E-state index >= 15 is 0 Å². The molecule has 1 aliphatic rings. The molecule has 158 valence electrons. The lowest BCUT2D eigenvalue weighted by molar-refractivity contribution is 0.472. The molecule has 0 unspecified atom stereocenters. The van der Waals surface area contributed by atoms with Gasteiger partial charge >= 0.3 is 0 Å². The summed E-state index contributed by atoms with van der Waals surface area (Å²) in [6.45, 7) is 4.21. The van der Waals surface area contributed by atoms with Gasteiger partial charge in [-0.1, -0.05) is 19.9 Å². The Bertz CT molecular complexity index is 1270. The number of hydrogen-bond acceptors (Lipinski definition) is 5. The minimum atomic E-state index is -0.390. The topological polar surface area (TPSA) is 75.3 Å². The van der Waals surface area contributed by atoms with Crippen LogP contribution in [0.15, 0.2) is 48.9 Å². The van der Waals surface area contributed by atoms with Gasteiger partial charge in [-0.2, -0.15) is 9.61 Å². The number of aryl methyl sites for hydroxylation is 1. The van der Waals surface area contributed by atoms with Gasteiger partial charge in [0.1, 0.15) is 17.4 Å². The van der Waals surface area contributed by atoms with E-state index in [1.807, 2.05) is 28.9 Å². The monoisotopic (exact) mass is 417 g/mol. The van der Waals surface area contributed by atoms with Crippen molar-refractivity contribution in [2.24, 2.45) is 0 Å². The lowest BCUT2D eigenvalue weighted by Crippen LogP contribution is -2.28. The van der Waals surface area contributed by atoms with Gasteiger partial charge in [-0.3, -0.25) is 4.98 Å². The van der Waals surface area contributed by atoms with E-state index in [0.717, 1.165) is 36.3 Å². The number of nitrogens with one attached hydrogen (secondary N) is 1. The van der Waals surface area contributed by atoms with Crippen LogP contribution in [0.4, 0.5) is 10.2 Å². The summed E-state index contributed by atoms with van der Waals surface area (Å²) in [6.07, 6.45) is 7.36. The molecule has 1 aromatic carbocycles. The van der Waals surface area contributed by atoms with Crippen LogP contribution in [-0.4, -0.2) is 30.7 Å². The second-order valence-electron chi connectivity index (χ2n) is 8.45. The number of halogens is 1. The highest BCUT2D eigenvalue weighted by Gasteiger charge is 2.21. The lowest BCUT2D eigenvalue weighted by atomic mass is 9.88. The average Bonchev–Trinajstić information content (AvgIpc) is 3.18. The van der Waals surface area contributed by atoms with Crippen LogP contribution in [0.5, 0.6) is 5.75 Å². The summed E-state index contributed by atoms with van der Waals surface area (Å²) in [4.78, 5) is 8.78. The summed E-state index contributed by atoms with van der Waals surface area (Å²) in [6, 6.07) is 9.16. The van der Waals surface area contributed by atoms with Crippen LogP contribution in [0.3, 0.4) is 0 Å². The summed E-state index contributed by atoms with van der Waals surface area (Å²) in [5.74, 6) is 1.00. The van der Waals surface area contributed by atoms with Crippen molar-refractivity contribution in [2.45, 2.75) is 45.1 Å². The average molecular weight is 417 g/mol. The van der Waals surface area contributed by atoms with E-state index in [-0.39, 0.29) is 12.0 Å². The molecule has 6 nitrogen and oxygen atoms in total. The van der Waals surface area contributed by atoms with Crippen molar-refractivity contribution < 1.29 is 9.50 Å². The Morgan fingerprint density at radius 1 is 1.13 bits per heavy atom. The molecule has 0 saturated heterocycles. The third-order valence-electron chi connectivity index (χ3n) is 5.89. The Morgan fingerprint density at radius 2 is 2.00 bits per heavy atom. The number of fused-ring (bicyclic) bond motifs is 2. The molecule has 0 saturated carbocycles.